The van der Waals surface area contributed by atoms with Crippen molar-refractivity contribution in [2.45, 2.75) is 12.8 Å². The van der Waals surface area contributed by atoms with E-state index < -0.39 is 0 Å². The summed E-state index contributed by atoms with van der Waals surface area (Å²) in [5.74, 6) is 0.505. The molecule has 0 fully saturated rings. The Morgan fingerprint density at radius 1 is 0.969 bits per heavy atom. The highest BCUT2D eigenvalue weighted by molar-refractivity contribution is 7.19. The predicted octanol–water partition coefficient (Wildman–Crippen LogP) is 5.65. The Labute approximate surface area is 193 Å². The summed E-state index contributed by atoms with van der Waals surface area (Å²) >= 11 is 3.01. The SMILES string of the molecule is C=C(/C=c1/nc(-c2ccccc2O)sc1=C)c1ccc2sc(C3=CCCC=C3O)nc2c1. The fourth-order valence-corrected chi connectivity index (χ4v) is 5.46. The Bertz CT molecular complexity index is 1540. The van der Waals surface area contributed by atoms with E-state index in [0.717, 1.165) is 59.7 Å². The summed E-state index contributed by atoms with van der Waals surface area (Å²) < 4.78 is 1.87. The van der Waals surface area contributed by atoms with Gasteiger partial charge in [0.25, 0.3) is 0 Å². The van der Waals surface area contributed by atoms with Crippen LogP contribution in [0.4, 0.5) is 0 Å². The Hall–Kier alpha value is -3.48. The highest BCUT2D eigenvalue weighted by Gasteiger charge is 2.15. The summed E-state index contributed by atoms with van der Waals surface area (Å²) in [5, 5.41) is 22.6. The van der Waals surface area contributed by atoms with Crippen molar-refractivity contribution < 1.29 is 10.2 Å². The number of allylic oxidation sites excluding steroid dienone is 4. The molecule has 2 heterocycles. The molecule has 0 saturated heterocycles. The van der Waals surface area contributed by atoms with Crippen molar-refractivity contribution in [3.8, 4) is 16.3 Å². The van der Waals surface area contributed by atoms with Crippen molar-refractivity contribution in [2.75, 3.05) is 0 Å². The minimum Gasteiger partial charge on any atom is -0.508 e. The van der Waals surface area contributed by atoms with Gasteiger partial charge in [-0.3, -0.25) is 0 Å². The first-order chi connectivity index (χ1) is 15.5. The topological polar surface area (TPSA) is 66.2 Å². The number of phenols is 1. The van der Waals surface area contributed by atoms with E-state index in [9.17, 15) is 10.2 Å². The fraction of sp³-hybridized carbons (Fsp3) is 0.0769. The van der Waals surface area contributed by atoms with E-state index >= 15 is 0 Å². The molecule has 1 aliphatic rings. The van der Waals surface area contributed by atoms with Crippen LogP contribution in [0.2, 0.25) is 0 Å². The molecule has 0 bridgehead atoms. The molecule has 5 rings (SSSR count). The summed E-state index contributed by atoms with van der Waals surface area (Å²) in [4.78, 5) is 9.42. The molecule has 32 heavy (non-hydrogen) atoms. The van der Waals surface area contributed by atoms with E-state index in [0.29, 0.717) is 11.3 Å². The van der Waals surface area contributed by atoms with Gasteiger partial charge in [-0.1, -0.05) is 37.4 Å². The standard InChI is InChI=1S/C26H20N2O2S2/c1-15(13-20-16(2)31-25(27-20)18-7-3-5-9-22(18)29)17-11-12-24-21(14-17)28-26(32-24)19-8-4-6-10-23(19)30/h3,5,7-14,29-30H,1-2,4,6H2/b20-13+. The third-order valence-corrected chi connectivity index (χ3v) is 7.32. The minimum atomic E-state index is 0.199. The van der Waals surface area contributed by atoms with Crippen LogP contribution < -0.4 is 9.88 Å². The number of aromatic hydroxyl groups is 1. The van der Waals surface area contributed by atoms with Crippen molar-refractivity contribution in [3.05, 3.63) is 87.4 Å². The molecule has 4 nitrogen and oxygen atoms in total. The Morgan fingerprint density at radius 2 is 1.78 bits per heavy atom. The third-order valence-electron chi connectivity index (χ3n) is 5.29. The van der Waals surface area contributed by atoms with Crippen molar-refractivity contribution >= 4 is 56.7 Å². The van der Waals surface area contributed by atoms with Crippen molar-refractivity contribution in [1.82, 2.24) is 9.97 Å². The zero-order chi connectivity index (χ0) is 22.2. The first-order valence-electron chi connectivity index (χ1n) is 10.2. The second-order valence-corrected chi connectivity index (χ2v) is 9.61. The molecule has 2 aromatic carbocycles. The molecule has 0 saturated carbocycles. The second-order valence-electron chi connectivity index (χ2n) is 7.50. The molecule has 0 spiro atoms. The first kappa shape index (κ1) is 20.4. The number of para-hydroxylation sites is 1. The number of phenolic OH excluding ortho intramolecular Hbond substituents is 1. The molecular weight excluding hydrogens is 436 g/mol. The summed E-state index contributed by atoms with van der Waals surface area (Å²) in [6.45, 7) is 8.33. The highest BCUT2D eigenvalue weighted by Crippen LogP contribution is 2.34. The monoisotopic (exact) mass is 456 g/mol. The van der Waals surface area contributed by atoms with Gasteiger partial charge in [0.05, 0.1) is 21.1 Å². The van der Waals surface area contributed by atoms with Gasteiger partial charge in [-0.15, -0.1) is 22.7 Å². The van der Waals surface area contributed by atoms with Crippen LogP contribution in [-0.4, -0.2) is 20.2 Å². The van der Waals surface area contributed by atoms with Gasteiger partial charge in [0.15, 0.2) is 0 Å². The number of aliphatic hydroxyl groups excluding tert-OH is 1. The smallest absolute Gasteiger partial charge is 0.128 e. The van der Waals surface area contributed by atoms with Crippen LogP contribution in [0.3, 0.4) is 0 Å². The van der Waals surface area contributed by atoms with Crippen LogP contribution in [0.15, 0.2) is 67.0 Å². The van der Waals surface area contributed by atoms with Crippen LogP contribution in [0.1, 0.15) is 23.4 Å². The van der Waals surface area contributed by atoms with E-state index in [1.807, 2.05) is 48.6 Å². The molecule has 2 aromatic heterocycles. The van der Waals surface area contributed by atoms with E-state index in [2.05, 4.69) is 18.1 Å². The number of fused-ring (bicyclic) bond motifs is 1. The maximum absolute atomic E-state index is 10.2. The predicted molar refractivity (Wildman–Crippen MR) is 135 cm³/mol. The summed E-state index contributed by atoms with van der Waals surface area (Å²) in [6.07, 6.45) is 7.57. The molecule has 158 valence electrons. The van der Waals surface area contributed by atoms with Crippen LogP contribution in [0, 0.1) is 0 Å². The molecule has 0 atom stereocenters. The van der Waals surface area contributed by atoms with Crippen LogP contribution >= 0.6 is 22.7 Å². The number of benzene rings is 2. The molecular formula is C26H20N2O2S2. The van der Waals surface area contributed by atoms with Gasteiger partial charge in [0.1, 0.15) is 21.5 Å². The maximum Gasteiger partial charge on any atom is 0.128 e. The van der Waals surface area contributed by atoms with Gasteiger partial charge >= 0.3 is 0 Å². The van der Waals surface area contributed by atoms with Crippen molar-refractivity contribution in [2.24, 2.45) is 0 Å². The Morgan fingerprint density at radius 3 is 2.59 bits per heavy atom. The lowest BCUT2D eigenvalue weighted by molar-refractivity contribution is 0.432. The molecule has 0 amide bonds. The maximum atomic E-state index is 10.2. The van der Waals surface area contributed by atoms with Crippen LogP contribution in [0.5, 0.6) is 5.75 Å². The highest BCUT2D eigenvalue weighted by atomic mass is 32.1. The Kier molecular flexibility index (Phi) is 5.25. The molecule has 2 N–H and O–H groups in total. The molecule has 0 aliphatic heterocycles. The number of hydrogen-bond acceptors (Lipinski definition) is 6. The van der Waals surface area contributed by atoms with E-state index in [4.69, 9.17) is 4.98 Å². The summed E-state index contributed by atoms with van der Waals surface area (Å²) in [5.41, 5.74) is 4.13. The van der Waals surface area contributed by atoms with Gasteiger partial charge in [-0.2, -0.15) is 0 Å². The summed E-state index contributed by atoms with van der Waals surface area (Å²) in [6, 6.07) is 13.2. The van der Waals surface area contributed by atoms with Crippen LogP contribution in [-0.2, 0) is 0 Å². The van der Waals surface area contributed by atoms with Gasteiger partial charge < -0.3 is 10.2 Å². The zero-order valence-corrected chi connectivity index (χ0v) is 18.8. The Balaban J connectivity index is 1.48. The third kappa shape index (κ3) is 3.79. The first-order valence-corrected chi connectivity index (χ1v) is 11.8. The minimum absolute atomic E-state index is 0.199. The van der Waals surface area contributed by atoms with Crippen molar-refractivity contribution in [3.63, 3.8) is 0 Å². The van der Waals surface area contributed by atoms with Gasteiger partial charge in [-0.05, 0) is 60.4 Å². The number of aliphatic hydroxyl groups is 1. The lowest BCUT2D eigenvalue weighted by Gasteiger charge is -2.07. The largest absolute Gasteiger partial charge is 0.508 e. The van der Waals surface area contributed by atoms with Gasteiger partial charge in [0, 0.05) is 10.1 Å². The van der Waals surface area contributed by atoms with E-state index in [1.54, 1.807) is 23.5 Å². The van der Waals surface area contributed by atoms with E-state index in [-0.39, 0.29) is 5.75 Å². The second kappa shape index (κ2) is 8.22. The number of nitrogens with zero attached hydrogens (tertiary/aromatic N) is 2. The lowest BCUT2D eigenvalue weighted by atomic mass is 10.1. The molecule has 0 radical (unpaired) electrons. The zero-order valence-electron chi connectivity index (χ0n) is 17.2. The normalized spacial score (nSPS) is 14.4. The average molecular weight is 457 g/mol. The molecule has 6 heteroatoms. The molecule has 0 unspecified atom stereocenters. The fourth-order valence-electron chi connectivity index (χ4n) is 3.60. The van der Waals surface area contributed by atoms with Gasteiger partial charge in [0.2, 0.25) is 0 Å². The van der Waals surface area contributed by atoms with Crippen molar-refractivity contribution in [1.29, 1.82) is 0 Å². The van der Waals surface area contributed by atoms with Crippen LogP contribution in [0.25, 0.3) is 44.6 Å². The summed E-state index contributed by atoms with van der Waals surface area (Å²) in [7, 11) is 0. The lowest BCUT2D eigenvalue weighted by Crippen LogP contribution is -2.19. The quantitative estimate of drug-likeness (QED) is 0.417. The van der Waals surface area contributed by atoms with Gasteiger partial charge in [-0.25, -0.2) is 9.97 Å². The molecule has 4 aromatic rings. The number of rotatable bonds is 4. The number of thiazole rings is 2. The number of hydrogen-bond donors (Lipinski definition) is 2. The average Bonchev–Trinajstić information content (AvgIpc) is 3.37. The van der Waals surface area contributed by atoms with E-state index in [1.165, 1.54) is 11.3 Å². The number of aromatic nitrogens is 2. The molecule has 1 aliphatic carbocycles.